The Morgan fingerprint density at radius 1 is 1.14 bits per heavy atom. The van der Waals surface area contributed by atoms with Crippen LogP contribution in [0.3, 0.4) is 0 Å². The van der Waals surface area contributed by atoms with Gasteiger partial charge in [0.2, 0.25) is 6.79 Å². The third-order valence-corrected chi connectivity index (χ3v) is 5.75. The molecule has 0 fully saturated rings. The summed E-state index contributed by atoms with van der Waals surface area (Å²) >= 11 is 0. The van der Waals surface area contributed by atoms with E-state index in [1.54, 1.807) is 18.1 Å². The van der Waals surface area contributed by atoms with Crippen molar-refractivity contribution in [2.45, 2.75) is 18.4 Å². The van der Waals surface area contributed by atoms with E-state index in [0.29, 0.717) is 41.5 Å². The van der Waals surface area contributed by atoms with Crippen LogP contribution >= 0.6 is 0 Å². The summed E-state index contributed by atoms with van der Waals surface area (Å²) in [5, 5.41) is 10.1. The number of methoxy groups -OCH3 is 2. The van der Waals surface area contributed by atoms with Crippen molar-refractivity contribution < 1.29 is 23.7 Å². The van der Waals surface area contributed by atoms with Gasteiger partial charge in [0, 0.05) is 6.54 Å². The lowest BCUT2D eigenvalue weighted by Crippen LogP contribution is -2.31. The number of hydrogen-bond donors (Lipinski definition) is 0. The molecular formula is C21H18N2O5. The third kappa shape index (κ3) is 2.12. The Hall–Kier alpha value is -3.40. The Bertz CT molecular complexity index is 1040. The molecule has 0 aromatic heterocycles. The van der Waals surface area contributed by atoms with Gasteiger partial charge in [0.25, 0.3) is 5.91 Å². The van der Waals surface area contributed by atoms with Crippen LogP contribution in [-0.4, -0.2) is 38.4 Å². The summed E-state index contributed by atoms with van der Waals surface area (Å²) in [5.41, 5.74) is 3.17. The van der Waals surface area contributed by atoms with Gasteiger partial charge in [-0.2, -0.15) is 5.26 Å². The van der Waals surface area contributed by atoms with Crippen LogP contribution in [0.2, 0.25) is 0 Å². The van der Waals surface area contributed by atoms with Crippen LogP contribution in [0.25, 0.3) is 0 Å². The van der Waals surface area contributed by atoms with Gasteiger partial charge >= 0.3 is 0 Å². The zero-order valence-electron chi connectivity index (χ0n) is 15.5. The van der Waals surface area contributed by atoms with Crippen molar-refractivity contribution in [3.8, 4) is 29.1 Å². The Kier molecular flexibility index (Phi) is 3.63. The predicted molar refractivity (Wildman–Crippen MR) is 97.9 cm³/mol. The van der Waals surface area contributed by atoms with Crippen LogP contribution in [-0.2, 0) is 6.42 Å². The van der Waals surface area contributed by atoms with Crippen molar-refractivity contribution in [1.82, 2.24) is 4.90 Å². The minimum atomic E-state index is -0.518. The van der Waals surface area contributed by atoms with Crippen molar-refractivity contribution in [2.75, 3.05) is 27.6 Å². The van der Waals surface area contributed by atoms with Crippen LogP contribution in [0, 0.1) is 11.3 Å². The van der Waals surface area contributed by atoms with Crippen LogP contribution in [0.5, 0.6) is 23.0 Å². The molecule has 0 saturated carbocycles. The minimum Gasteiger partial charge on any atom is -0.493 e. The highest BCUT2D eigenvalue weighted by atomic mass is 16.7. The molecular weight excluding hydrogens is 360 g/mol. The van der Waals surface area contributed by atoms with Crippen molar-refractivity contribution in [2.24, 2.45) is 0 Å². The van der Waals surface area contributed by atoms with Gasteiger partial charge in [-0.25, -0.2) is 0 Å². The number of benzene rings is 2. The molecule has 0 unspecified atom stereocenters. The normalized spacial score (nSPS) is 21.3. The van der Waals surface area contributed by atoms with E-state index < -0.39 is 5.92 Å². The van der Waals surface area contributed by atoms with E-state index >= 15 is 0 Å². The fourth-order valence-corrected chi connectivity index (χ4v) is 4.50. The molecule has 3 aliphatic rings. The predicted octanol–water partition coefficient (Wildman–Crippen LogP) is 2.79. The molecule has 2 atom stereocenters. The number of carbonyl (C=O) groups excluding carboxylic acids is 1. The maximum atomic E-state index is 13.3. The summed E-state index contributed by atoms with van der Waals surface area (Å²) in [6, 6.07) is 9.52. The van der Waals surface area contributed by atoms with E-state index in [9.17, 15) is 10.1 Å². The van der Waals surface area contributed by atoms with E-state index in [-0.39, 0.29) is 18.7 Å². The molecule has 5 rings (SSSR count). The van der Waals surface area contributed by atoms with Crippen LogP contribution < -0.4 is 18.9 Å². The molecule has 2 aromatic carbocycles. The van der Waals surface area contributed by atoms with Crippen molar-refractivity contribution in [3.05, 3.63) is 46.5 Å². The molecule has 0 aliphatic carbocycles. The number of nitriles is 1. The van der Waals surface area contributed by atoms with Gasteiger partial charge in [-0.15, -0.1) is 0 Å². The number of hydrogen-bond acceptors (Lipinski definition) is 6. The van der Waals surface area contributed by atoms with Gasteiger partial charge in [0.1, 0.15) is 0 Å². The molecule has 7 heteroatoms. The number of carbonyl (C=O) groups is 1. The highest BCUT2D eigenvalue weighted by Gasteiger charge is 2.46. The Morgan fingerprint density at radius 3 is 2.64 bits per heavy atom. The van der Waals surface area contributed by atoms with Crippen LogP contribution in [0.1, 0.15) is 39.0 Å². The zero-order valence-corrected chi connectivity index (χ0v) is 15.5. The summed E-state index contributed by atoms with van der Waals surface area (Å²) in [5.74, 6) is 1.60. The summed E-state index contributed by atoms with van der Waals surface area (Å²) in [4.78, 5) is 15.0. The van der Waals surface area contributed by atoms with Crippen LogP contribution in [0.4, 0.5) is 0 Å². The SMILES string of the molecule is COc1ccc2c(c1OC)C(=O)N1CCc3cc4c(cc3[C@H](C#N)[C@H]21)OCO4. The molecule has 1 amide bonds. The number of ether oxygens (including phenoxy) is 4. The van der Waals surface area contributed by atoms with Gasteiger partial charge < -0.3 is 23.8 Å². The fraction of sp³-hybridized carbons (Fsp3) is 0.333. The average molecular weight is 378 g/mol. The summed E-state index contributed by atoms with van der Waals surface area (Å²) < 4.78 is 21.9. The second-order valence-electron chi connectivity index (χ2n) is 6.97. The molecule has 2 aromatic rings. The van der Waals surface area contributed by atoms with E-state index in [2.05, 4.69) is 6.07 Å². The summed E-state index contributed by atoms with van der Waals surface area (Å²) in [6.45, 7) is 0.692. The van der Waals surface area contributed by atoms with Crippen molar-refractivity contribution in [1.29, 1.82) is 5.26 Å². The van der Waals surface area contributed by atoms with E-state index in [4.69, 9.17) is 18.9 Å². The highest BCUT2D eigenvalue weighted by Crippen LogP contribution is 2.51. The molecule has 7 nitrogen and oxygen atoms in total. The maximum Gasteiger partial charge on any atom is 0.258 e. The van der Waals surface area contributed by atoms with Gasteiger partial charge in [-0.05, 0) is 41.3 Å². The van der Waals surface area contributed by atoms with Gasteiger partial charge in [-0.1, -0.05) is 6.07 Å². The zero-order chi connectivity index (χ0) is 19.4. The second-order valence-corrected chi connectivity index (χ2v) is 6.97. The molecule has 3 heterocycles. The first-order chi connectivity index (χ1) is 13.7. The standard InChI is InChI=1S/C21H18N2O5/c1-25-15-4-3-12-18(20(15)26-2)21(24)23-6-5-11-7-16-17(28-10-27-16)8-13(11)14(9-22)19(12)23/h3-4,7-8,14,19H,5-6,10H2,1-2H3/t14-,19-/m0/s1. The first-order valence-electron chi connectivity index (χ1n) is 9.05. The lowest BCUT2D eigenvalue weighted by Gasteiger charge is -2.26. The molecule has 0 radical (unpaired) electrons. The van der Waals surface area contributed by atoms with Crippen LogP contribution in [0.15, 0.2) is 24.3 Å². The van der Waals surface area contributed by atoms with Gasteiger partial charge in [0.05, 0.1) is 37.8 Å². The van der Waals surface area contributed by atoms with E-state index in [1.807, 2.05) is 18.2 Å². The molecule has 0 saturated heterocycles. The highest BCUT2D eigenvalue weighted by molar-refractivity contribution is 6.03. The number of amides is 1. The molecule has 0 N–H and O–H groups in total. The first-order valence-corrected chi connectivity index (χ1v) is 9.05. The Balaban J connectivity index is 1.70. The smallest absolute Gasteiger partial charge is 0.258 e. The molecule has 142 valence electrons. The molecule has 0 bridgehead atoms. The van der Waals surface area contributed by atoms with Crippen molar-refractivity contribution >= 4 is 5.91 Å². The number of rotatable bonds is 2. The molecule has 3 aliphatic heterocycles. The van der Waals surface area contributed by atoms with E-state index in [1.165, 1.54) is 7.11 Å². The molecule has 28 heavy (non-hydrogen) atoms. The van der Waals surface area contributed by atoms with Crippen molar-refractivity contribution in [3.63, 3.8) is 0 Å². The quantitative estimate of drug-likeness (QED) is 0.799. The summed E-state index contributed by atoms with van der Waals surface area (Å²) in [6.07, 6.45) is 0.639. The monoisotopic (exact) mass is 378 g/mol. The Labute approximate surface area is 162 Å². The first kappa shape index (κ1) is 16.8. The second kappa shape index (κ2) is 6.06. The lowest BCUT2D eigenvalue weighted by molar-refractivity contribution is 0.0722. The fourth-order valence-electron chi connectivity index (χ4n) is 4.50. The van der Waals surface area contributed by atoms with Gasteiger partial charge in [-0.3, -0.25) is 4.79 Å². The average Bonchev–Trinajstić information content (AvgIpc) is 3.23. The molecule has 0 spiro atoms. The minimum absolute atomic E-state index is 0.135. The number of fused-ring (bicyclic) bond motifs is 5. The van der Waals surface area contributed by atoms with E-state index in [0.717, 1.165) is 16.7 Å². The largest absolute Gasteiger partial charge is 0.493 e. The third-order valence-electron chi connectivity index (χ3n) is 5.75. The summed E-state index contributed by atoms with van der Waals surface area (Å²) in [7, 11) is 3.06. The topological polar surface area (TPSA) is 81.0 Å². The lowest BCUT2D eigenvalue weighted by atomic mass is 9.85. The Morgan fingerprint density at radius 2 is 1.93 bits per heavy atom. The maximum absolute atomic E-state index is 13.3. The number of nitrogens with zero attached hydrogens (tertiary/aromatic N) is 2. The van der Waals surface area contributed by atoms with Gasteiger partial charge in [0.15, 0.2) is 23.0 Å².